The Morgan fingerprint density at radius 2 is 2.07 bits per heavy atom. The minimum Gasteiger partial charge on any atom is -0.497 e. The smallest absolute Gasteiger partial charge is 0.132 e. The van der Waals surface area contributed by atoms with Gasteiger partial charge in [-0.2, -0.15) is 5.26 Å². The monoisotopic (exact) mass is 216 g/mol. The molecule has 0 bridgehead atoms. The number of benzene rings is 1. The summed E-state index contributed by atoms with van der Waals surface area (Å²) in [5, 5.41) is 8.87. The normalized spacial score (nSPS) is 9.60. The number of rotatable bonds is 2. The van der Waals surface area contributed by atoms with Crippen LogP contribution in [0.3, 0.4) is 0 Å². The van der Waals surface area contributed by atoms with Gasteiger partial charge in [0.25, 0.3) is 0 Å². The number of methoxy groups -OCH3 is 1. The van der Waals surface area contributed by atoms with E-state index in [4.69, 9.17) is 10.00 Å². The molecule has 2 aromatic rings. The Morgan fingerprint density at radius 3 is 2.67 bits per heavy atom. The highest BCUT2D eigenvalue weighted by atomic mass is 32.1. The lowest BCUT2D eigenvalue weighted by Gasteiger charge is -2.00. The van der Waals surface area contributed by atoms with Crippen LogP contribution in [0.4, 0.5) is 0 Å². The predicted molar refractivity (Wildman–Crippen MR) is 58.8 cm³/mol. The Morgan fingerprint density at radius 1 is 1.33 bits per heavy atom. The Kier molecular flexibility index (Phi) is 2.66. The lowest BCUT2D eigenvalue weighted by atomic mass is 10.1. The third-order valence-corrected chi connectivity index (χ3v) is 2.76. The van der Waals surface area contributed by atoms with Crippen LogP contribution in [-0.2, 0) is 0 Å². The fourth-order valence-corrected chi connectivity index (χ4v) is 1.88. The van der Waals surface area contributed by atoms with Crippen molar-refractivity contribution in [1.29, 1.82) is 5.26 Å². The molecule has 0 aliphatic heterocycles. The second kappa shape index (κ2) is 4.11. The Hall–Kier alpha value is -1.86. The highest BCUT2D eigenvalue weighted by Gasteiger charge is 2.07. The molecule has 1 heterocycles. The summed E-state index contributed by atoms with van der Waals surface area (Å²) in [5.41, 5.74) is 3.36. The maximum absolute atomic E-state index is 8.87. The third kappa shape index (κ3) is 1.83. The van der Waals surface area contributed by atoms with Gasteiger partial charge in [0.1, 0.15) is 16.7 Å². The van der Waals surface area contributed by atoms with E-state index in [1.165, 1.54) is 11.3 Å². The van der Waals surface area contributed by atoms with Crippen LogP contribution in [0.2, 0.25) is 0 Å². The molecule has 0 unspecified atom stereocenters. The molecule has 0 spiro atoms. The summed E-state index contributed by atoms with van der Waals surface area (Å²) < 4.78 is 5.06. The second-order valence-electron chi connectivity index (χ2n) is 2.87. The van der Waals surface area contributed by atoms with E-state index < -0.39 is 0 Å². The van der Waals surface area contributed by atoms with Gasteiger partial charge in [0.2, 0.25) is 0 Å². The Bertz CT molecular complexity index is 496. The molecule has 0 aliphatic rings. The summed E-state index contributed by atoms with van der Waals surface area (Å²) in [7, 11) is 1.62. The molecule has 0 amide bonds. The van der Waals surface area contributed by atoms with E-state index in [0.29, 0.717) is 4.88 Å². The molecular weight excluding hydrogens is 208 g/mol. The first-order chi connectivity index (χ1) is 7.35. The number of aromatic nitrogens is 1. The van der Waals surface area contributed by atoms with Gasteiger partial charge in [0, 0.05) is 5.56 Å². The van der Waals surface area contributed by atoms with E-state index in [1.807, 2.05) is 24.3 Å². The molecule has 3 nitrogen and oxygen atoms in total. The van der Waals surface area contributed by atoms with E-state index in [-0.39, 0.29) is 0 Å². The van der Waals surface area contributed by atoms with Gasteiger partial charge in [-0.05, 0) is 24.3 Å². The molecular formula is C11H8N2OS. The van der Waals surface area contributed by atoms with Gasteiger partial charge < -0.3 is 4.74 Å². The lowest BCUT2D eigenvalue weighted by molar-refractivity contribution is 0.415. The fraction of sp³-hybridized carbons (Fsp3) is 0.0909. The van der Waals surface area contributed by atoms with Crippen molar-refractivity contribution in [2.24, 2.45) is 0 Å². The summed E-state index contributed by atoms with van der Waals surface area (Å²) in [6.07, 6.45) is 0. The number of nitrogens with zero attached hydrogens (tertiary/aromatic N) is 2. The maximum atomic E-state index is 8.87. The third-order valence-electron chi connectivity index (χ3n) is 2.03. The zero-order valence-electron chi connectivity index (χ0n) is 8.10. The standard InChI is InChI=1S/C11H8N2OS/c1-14-9-4-2-8(3-5-9)11-10(6-12)15-7-13-11/h2-5,7H,1H3. The number of nitriles is 1. The van der Waals surface area contributed by atoms with Crippen molar-refractivity contribution in [1.82, 2.24) is 4.98 Å². The van der Waals surface area contributed by atoms with E-state index in [1.54, 1.807) is 12.6 Å². The summed E-state index contributed by atoms with van der Waals surface area (Å²) in [6, 6.07) is 9.64. The number of hydrogen-bond acceptors (Lipinski definition) is 4. The van der Waals surface area contributed by atoms with Crippen LogP contribution in [0.25, 0.3) is 11.3 Å². The molecule has 0 saturated heterocycles. The summed E-state index contributed by atoms with van der Waals surface area (Å²) in [4.78, 5) is 4.81. The molecule has 2 rings (SSSR count). The highest BCUT2D eigenvalue weighted by molar-refractivity contribution is 7.10. The van der Waals surface area contributed by atoms with Crippen LogP contribution in [0.1, 0.15) is 4.88 Å². The van der Waals surface area contributed by atoms with Crippen molar-refractivity contribution >= 4 is 11.3 Å². The van der Waals surface area contributed by atoms with Crippen molar-refractivity contribution < 1.29 is 4.74 Å². The van der Waals surface area contributed by atoms with Crippen molar-refractivity contribution in [3.8, 4) is 23.1 Å². The minimum absolute atomic E-state index is 0.639. The average molecular weight is 216 g/mol. The second-order valence-corrected chi connectivity index (χ2v) is 3.73. The van der Waals surface area contributed by atoms with Gasteiger partial charge in [-0.25, -0.2) is 4.98 Å². The van der Waals surface area contributed by atoms with Gasteiger partial charge in [-0.3, -0.25) is 0 Å². The zero-order chi connectivity index (χ0) is 10.7. The first-order valence-corrected chi connectivity index (χ1v) is 5.21. The van der Waals surface area contributed by atoms with Gasteiger partial charge in [0.05, 0.1) is 18.3 Å². The summed E-state index contributed by atoms with van der Waals surface area (Å²) in [6.45, 7) is 0. The molecule has 0 atom stereocenters. The molecule has 4 heteroatoms. The number of thiazole rings is 1. The number of hydrogen-bond donors (Lipinski definition) is 0. The molecule has 1 aromatic heterocycles. The minimum atomic E-state index is 0.639. The average Bonchev–Trinajstić information content (AvgIpc) is 2.77. The van der Waals surface area contributed by atoms with Crippen LogP contribution >= 0.6 is 11.3 Å². The first-order valence-electron chi connectivity index (χ1n) is 4.33. The van der Waals surface area contributed by atoms with E-state index >= 15 is 0 Å². The van der Waals surface area contributed by atoms with Crippen LogP contribution in [0.15, 0.2) is 29.8 Å². The molecule has 15 heavy (non-hydrogen) atoms. The van der Waals surface area contributed by atoms with Crippen LogP contribution in [0.5, 0.6) is 5.75 Å². The zero-order valence-corrected chi connectivity index (χ0v) is 8.91. The quantitative estimate of drug-likeness (QED) is 0.775. The Balaban J connectivity index is 2.42. The molecule has 0 saturated carbocycles. The highest BCUT2D eigenvalue weighted by Crippen LogP contribution is 2.26. The topological polar surface area (TPSA) is 45.9 Å². The van der Waals surface area contributed by atoms with E-state index in [2.05, 4.69) is 11.1 Å². The largest absolute Gasteiger partial charge is 0.497 e. The van der Waals surface area contributed by atoms with E-state index in [9.17, 15) is 0 Å². The molecule has 74 valence electrons. The molecule has 0 N–H and O–H groups in total. The summed E-state index contributed by atoms with van der Waals surface area (Å²) in [5.74, 6) is 0.799. The Labute approximate surface area is 91.6 Å². The molecule has 0 radical (unpaired) electrons. The fourth-order valence-electron chi connectivity index (χ4n) is 1.28. The van der Waals surface area contributed by atoms with Crippen molar-refractivity contribution in [2.75, 3.05) is 7.11 Å². The lowest BCUT2D eigenvalue weighted by Crippen LogP contribution is -1.84. The van der Waals surface area contributed by atoms with Crippen LogP contribution in [0, 0.1) is 11.3 Å². The first kappa shape index (κ1) is 9.69. The molecule has 0 aliphatic carbocycles. The van der Waals surface area contributed by atoms with Crippen molar-refractivity contribution in [2.45, 2.75) is 0 Å². The van der Waals surface area contributed by atoms with Crippen molar-refractivity contribution in [3.63, 3.8) is 0 Å². The molecule has 0 fully saturated rings. The van der Waals surface area contributed by atoms with Gasteiger partial charge in [0.15, 0.2) is 0 Å². The van der Waals surface area contributed by atoms with Crippen molar-refractivity contribution in [3.05, 3.63) is 34.7 Å². The van der Waals surface area contributed by atoms with Gasteiger partial charge in [-0.15, -0.1) is 11.3 Å². The molecule has 1 aromatic carbocycles. The number of ether oxygens (including phenoxy) is 1. The summed E-state index contributed by atoms with van der Waals surface area (Å²) >= 11 is 1.35. The van der Waals surface area contributed by atoms with Crippen LogP contribution in [-0.4, -0.2) is 12.1 Å². The maximum Gasteiger partial charge on any atom is 0.132 e. The van der Waals surface area contributed by atoms with Gasteiger partial charge in [-0.1, -0.05) is 0 Å². The van der Waals surface area contributed by atoms with Gasteiger partial charge >= 0.3 is 0 Å². The van der Waals surface area contributed by atoms with Crippen LogP contribution < -0.4 is 4.74 Å². The SMILES string of the molecule is COc1ccc(-c2ncsc2C#N)cc1. The predicted octanol–water partition coefficient (Wildman–Crippen LogP) is 2.69. The van der Waals surface area contributed by atoms with E-state index in [0.717, 1.165) is 17.0 Å².